The van der Waals surface area contributed by atoms with Crippen LogP contribution in [0.4, 0.5) is 0 Å². The van der Waals surface area contributed by atoms with Crippen molar-refractivity contribution >= 4 is 0 Å². The molecule has 0 N–H and O–H groups in total. The molecule has 0 fully saturated rings. The maximum absolute atomic E-state index is 5.75. The summed E-state index contributed by atoms with van der Waals surface area (Å²) < 4.78 is 5.75. The minimum atomic E-state index is 0.700. The molecule has 0 unspecified atom stereocenters. The number of hydrogen-bond donors (Lipinski definition) is 0. The van der Waals surface area contributed by atoms with Gasteiger partial charge in [-0.1, -0.05) is 73.9 Å². The fraction of sp³-hybridized carbons (Fsp3) is 0.500. The molecule has 0 bridgehead atoms. The van der Waals surface area contributed by atoms with Gasteiger partial charge in [-0.05, 0) is 38.2 Å². The Balaban J connectivity index is 2.34. The zero-order valence-corrected chi connectivity index (χ0v) is 13.9. The molecule has 0 aliphatic carbocycles. The largest absolute Gasteiger partial charge is 0.373 e. The highest BCUT2D eigenvalue weighted by atomic mass is 16.5. The smallest absolute Gasteiger partial charge is 0.0721 e. The van der Waals surface area contributed by atoms with Gasteiger partial charge in [0.2, 0.25) is 0 Å². The first-order valence-electron chi connectivity index (χ1n) is 8.21. The second kappa shape index (κ2) is 11.3. The molecule has 0 spiro atoms. The summed E-state index contributed by atoms with van der Waals surface area (Å²) in [7, 11) is 0. The zero-order valence-electron chi connectivity index (χ0n) is 13.9. The van der Waals surface area contributed by atoms with E-state index in [4.69, 9.17) is 4.74 Å². The fourth-order valence-corrected chi connectivity index (χ4v) is 2.23. The van der Waals surface area contributed by atoms with Crippen LogP contribution in [0.1, 0.15) is 58.4 Å². The number of rotatable bonds is 10. The third-order valence-corrected chi connectivity index (χ3v) is 3.69. The Morgan fingerprint density at radius 3 is 2.48 bits per heavy atom. The van der Waals surface area contributed by atoms with Crippen LogP contribution in [0.3, 0.4) is 0 Å². The van der Waals surface area contributed by atoms with Crippen LogP contribution in [0.15, 0.2) is 53.6 Å². The minimum Gasteiger partial charge on any atom is -0.373 e. The first-order valence-corrected chi connectivity index (χ1v) is 8.21. The maximum atomic E-state index is 5.75. The van der Waals surface area contributed by atoms with Gasteiger partial charge in [0.05, 0.1) is 13.2 Å². The number of benzene rings is 1. The zero-order chi connectivity index (χ0) is 15.3. The van der Waals surface area contributed by atoms with Crippen LogP contribution in [-0.4, -0.2) is 6.61 Å². The molecule has 0 aliphatic rings. The first kappa shape index (κ1) is 17.7. The predicted molar refractivity (Wildman–Crippen MR) is 92.4 cm³/mol. The summed E-state index contributed by atoms with van der Waals surface area (Å²) in [5.41, 5.74) is 4.27. The SMILES string of the molecule is CCC/C(=C\COCc1ccccc1)CC/C=C(\C)CC. The molecule has 0 saturated carbocycles. The number of allylic oxidation sites excluding steroid dienone is 3. The molecule has 0 aliphatic heterocycles. The summed E-state index contributed by atoms with van der Waals surface area (Å²) in [6.07, 6.45) is 10.5. The highest BCUT2D eigenvalue weighted by Crippen LogP contribution is 2.14. The van der Waals surface area contributed by atoms with Crippen LogP contribution >= 0.6 is 0 Å². The molecule has 0 radical (unpaired) electrons. The maximum Gasteiger partial charge on any atom is 0.0721 e. The van der Waals surface area contributed by atoms with E-state index in [2.05, 4.69) is 57.2 Å². The Hall–Kier alpha value is -1.34. The summed E-state index contributed by atoms with van der Waals surface area (Å²) in [4.78, 5) is 0. The average molecular weight is 286 g/mol. The van der Waals surface area contributed by atoms with E-state index in [0.29, 0.717) is 6.61 Å². The summed E-state index contributed by atoms with van der Waals surface area (Å²) in [5.74, 6) is 0. The normalized spacial score (nSPS) is 12.7. The molecule has 21 heavy (non-hydrogen) atoms. The quantitative estimate of drug-likeness (QED) is 0.375. The van der Waals surface area contributed by atoms with E-state index < -0.39 is 0 Å². The van der Waals surface area contributed by atoms with Crippen molar-refractivity contribution in [2.75, 3.05) is 6.61 Å². The first-order chi connectivity index (χ1) is 10.3. The van der Waals surface area contributed by atoms with Gasteiger partial charge < -0.3 is 4.74 Å². The molecule has 0 amide bonds. The Morgan fingerprint density at radius 2 is 1.81 bits per heavy atom. The molecule has 116 valence electrons. The van der Waals surface area contributed by atoms with Crippen molar-refractivity contribution in [1.82, 2.24) is 0 Å². The Morgan fingerprint density at radius 1 is 1.05 bits per heavy atom. The predicted octanol–water partition coefficient (Wildman–Crippen LogP) is 6.07. The summed E-state index contributed by atoms with van der Waals surface area (Å²) >= 11 is 0. The van der Waals surface area contributed by atoms with Gasteiger partial charge in [-0.25, -0.2) is 0 Å². The number of ether oxygens (including phenoxy) is 1. The van der Waals surface area contributed by atoms with Crippen LogP contribution in [0, 0.1) is 0 Å². The molecular weight excluding hydrogens is 256 g/mol. The van der Waals surface area contributed by atoms with Crippen molar-refractivity contribution in [2.24, 2.45) is 0 Å². The van der Waals surface area contributed by atoms with Crippen LogP contribution in [-0.2, 0) is 11.3 Å². The van der Waals surface area contributed by atoms with Crippen molar-refractivity contribution in [2.45, 2.75) is 59.5 Å². The van der Waals surface area contributed by atoms with E-state index in [9.17, 15) is 0 Å². The fourth-order valence-electron chi connectivity index (χ4n) is 2.23. The molecule has 0 saturated heterocycles. The molecular formula is C20H30O. The van der Waals surface area contributed by atoms with E-state index in [1.54, 1.807) is 0 Å². The number of hydrogen-bond acceptors (Lipinski definition) is 1. The van der Waals surface area contributed by atoms with Crippen molar-refractivity contribution in [3.05, 3.63) is 59.2 Å². The second-order valence-electron chi connectivity index (χ2n) is 5.56. The van der Waals surface area contributed by atoms with E-state index in [0.717, 1.165) is 19.4 Å². The third kappa shape index (κ3) is 8.52. The third-order valence-electron chi connectivity index (χ3n) is 3.69. The topological polar surface area (TPSA) is 9.23 Å². The lowest BCUT2D eigenvalue weighted by Gasteiger charge is -2.06. The van der Waals surface area contributed by atoms with Gasteiger partial charge in [0.25, 0.3) is 0 Å². The van der Waals surface area contributed by atoms with Gasteiger partial charge in [0.1, 0.15) is 0 Å². The highest BCUT2D eigenvalue weighted by molar-refractivity contribution is 5.13. The molecule has 1 rings (SSSR count). The molecule has 0 atom stereocenters. The Kier molecular flexibility index (Phi) is 9.56. The molecule has 1 aromatic carbocycles. The molecule has 1 nitrogen and oxygen atoms in total. The average Bonchev–Trinajstić information content (AvgIpc) is 2.52. The van der Waals surface area contributed by atoms with Gasteiger partial charge in [0.15, 0.2) is 0 Å². The minimum absolute atomic E-state index is 0.700. The molecule has 0 aromatic heterocycles. The Labute approximate surface area is 130 Å². The van der Waals surface area contributed by atoms with E-state index >= 15 is 0 Å². The lowest BCUT2D eigenvalue weighted by atomic mass is 10.0. The molecule has 1 heteroatoms. The summed E-state index contributed by atoms with van der Waals surface area (Å²) in [6, 6.07) is 10.4. The van der Waals surface area contributed by atoms with E-state index in [1.165, 1.54) is 36.0 Å². The standard InChI is InChI=1S/C20H30O/c1-4-10-19(14-9-11-18(3)5-2)15-16-21-17-20-12-7-6-8-13-20/h6-8,11-13,15H,4-5,9-10,14,16-17H2,1-3H3/b18-11+,19-15+. The molecule has 1 aromatic rings. The van der Waals surface area contributed by atoms with Crippen LogP contribution in [0.25, 0.3) is 0 Å². The second-order valence-corrected chi connectivity index (χ2v) is 5.56. The van der Waals surface area contributed by atoms with Gasteiger partial charge in [0, 0.05) is 0 Å². The van der Waals surface area contributed by atoms with Crippen LogP contribution in [0.5, 0.6) is 0 Å². The molecule has 0 heterocycles. The van der Waals surface area contributed by atoms with Crippen LogP contribution in [0.2, 0.25) is 0 Å². The van der Waals surface area contributed by atoms with Crippen molar-refractivity contribution < 1.29 is 4.74 Å². The lowest BCUT2D eigenvalue weighted by molar-refractivity contribution is 0.148. The van der Waals surface area contributed by atoms with Crippen molar-refractivity contribution in [3.63, 3.8) is 0 Å². The summed E-state index contributed by atoms with van der Waals surface area (Å²) in [5, 5.41) is 0. The highest BCUT2D eigenvalue weighted by Gasteiger charge is 1.97. The van der Waals surface area contributed by atoms with E-state index in [1.807, 2.05) is 6.07 Å². The summed E-state index contributed by atoms with van der Waals surface area (Å²) in [6.45, 7) is 8.09. The van der Waals surface area contributed by atoms with Gasteiger partial charge in [-0.3, -0.25) is 0 Å². The van der Waals surface area contributed by atoms with Gasteiger partial charge in [-0.15, -0.1) is 0 Å². The van der Waals surface area contributed by atoms with Gasteiger partial charge in [-0.2, -0.15) is 0 Å². The monoisotopic (exact) mass is 286 g/mol. The van der Waals surface area contributed by atoms with Crippen molar-refractivity contribution in [3.8, 4) is 0 Å². The van der Waals surface area contributed by atoms with Crippen molar-refractivity contribution in [1.29, 1.82) is 0 Å². The lowest BCUT2D eigenvalue weighted by Crippen LogP contribution is -1.94. The van der Waals surface area contributed by atoms with E-state index in [-0.39, 0.29) is 0 Å². The van der Waals surface area contributed by atoms with Crippen LogP contribution < -0.4 is 0 Å². The Bertz CT molecular complexity index is 428. The van der Waals surface area contributed by atoms with Gasteiger partial charge >= 0.3 is 0 Å².